The van der Waals surface area contributed by atoms with Crippen molar-refractivity contribution in [3.63, 3.8) is 0 Å². The van der Waals surface area contributed by atoms with Crippen molar-refractivity contribution >= 4 is 50.7 Å². The minimum absolute atomic E-state index is 0.0540. The molecule has 224 valence electrons. The van der Waals surface area contributed by atoms with Crippen molar-refractivity contribution in [2.24, 2.45) is 0 Å². The highest BCUT2D eigenvalue weighted by Crippen LogP contribution is 2.29. The summed E-state index contributed by atoms with van der Waals surface area (Å²) in [5, 5.41) is 3.82. The SMILES string of the molecule is CC[C@@H](C(=O)NC1CCCC1)N(Cc1ccc(Cl)c(Cl)c1)C(=O)CN(c1ccc(C)cc1C)S(=O)(=O)c1ccccc1. The summed E-state index contributed by atoms with van der Waals surface area (Å²) in [5.41, 5.74) is 2.75. The predicted octanol–water partition coefficient (Wildman–Crippen LogP) is 6.67. The Bertz CT molecular complexity index is 1530. The van der Waals surface area contributed by atoms with Gasteiger partial charge in [-0.25, -0.2) is 8.42 Å². The van der Waals surface area contributed by atoms with Crippen LogP contribution in [-0.2, 0) is 26.2 Å². The number of amides is 2. The minimum atomic E-state index is -4.13. The highest BCUT2D eigenvalue weighted by atomic mass is 35.5. The predicted molar refractivity (Wildman–Crippen MR) is 168 cm³/mol. The lowest BCUT2D eigenvalue weighted by molar-refractivity contribution is -0.140. The van der Waals surface area contributed by atoms with Crippen LogP contribution in [0.2, 0.25) is 10.0 Å². The number of nitrogens with one attached hydrogen (secondary N) is 1. The Morgan fingerprint density at radius 1 is 0.952 bits per heavy atom. The maximum Gasteiger partial charge on any atom is 0.264 e. The third kappa shape index (κ3) is 7.46. The summed E-state index contributed by atoms with van der Waals surface area (Å²) in [6.45, 7) is 5.15. The lowest BCUT2D eigenvalue weighted by atomic mass is 10.1. The third-order valence-corrected chi connectivity index (χ3v) is 10.2. The van der Waals surface area contributed by atoms with E-state index in [4.69, 9.17) is 23.2 Å². The molecule has 3 aromatic carbocycles. The molecule has 0 heterocycles. The summed E-state index contributed by atoms with van der Waals surface area (Å²) in [4.78, 5) is 29.4. The Kier molecular flexibility index (Phi) is 10.6. The molecule has 2 amide bonds. The second-order valence-electron chi connectivity index (χ2n) is 10.8. The standard InChI is InChI=1S/C32H37Cl2N3O4S/c1-4-29(32(39)35-25-10-8-9-11-25)36(20-24-15-16-27(33)28(34)19-24)31(38)21-37(30-17-14-22(2)18-23(30)3)42(40,41)26-12-6-5-7-13-26/h5-7,12-19,25,29H,4,8-11,20-21H2,1-3H3,(H,35,39)/t29-/m0/s1. The van der Waals surface area contributed by atoms with E-state index in [9.17, 15) is 18.0 Å². The number of rotatable bonds is 11. The quantitative estimate of drug-likeness (QED) is 0.256. The Morgan fingerprint density at radius 3 is 2.26 bits per heavy atom. The number of aryl methyl sites for hydroxylation is 2. The van der Waals surface area contributed by atoms with E-state index < -0.39 is 28.5 Å². The van der Waals surface area contributed by atoms with Gasteiger partial charge in [0.25, 0.3) is 10.0 Å². The van der Waals surface area contributed by atoms with E-state index in [1.54, 1.807) is 42.5 Å². The molecule has 10 heteroatoms. The highest BCUT2D eigenvalue weighted by Gasteiger charge is 2.35. The average molecular weight is 631 g/mol. The lowest BCUT2D eigenvalue weighted by Crippen LogP contribution is -2.53. The van der Waals surface area contributed by atoms with Crippen LogP contribution in [-0.4, -0.2) is 43.8 Å². The molecule has 0 bridgehead atoms. The second kappa shape index (κ2) is 13.9. The first-order valence-electron chi connectivity index (χ1n) is 14.2. The van der Waals surface area contributed by atoms with Crippen molar-refractivity contribution in [2.75, 3.05) is 10.8 Å². The van der Waals surface area contributed by atoms with Crippen molar-refractivity contribution in [3.05, 3.63) is 93.5 Å². The van der Waals surface area contributed by atoms with Crippen LogP contribution in [0.25, 0.3) is 0 Å². The number of nitrogens with zero attached hydrogens (tertiary/aromatic N) is 2. The van der Waals surface area contributed by atoms with E-state index in [1.165, 1.54) is 17.0 Å². The van der Waals surface area contributed by atoms with Crippen LogP contribution in [0.1, 0.15) is 55.7 Å². The van der Waals surface area contributed by atoms with Gasteiger partial charge >= 0.3 is 0 Å². The minimum Gasteiger partial charge on any atom is -0.352 e. The molecule has 4 rings (SSSR count). The summed E-state index contributed by atoms with van der Waals surface area (Å²) in [6.07, 6.45) is 4.25. The summed E-state index contributed by atoms with van der Waals surface area (Å²) in [5.74, 6) is -0.754. The fourth-order valence-corrected chi connectivity index (χ4v) is 7.26. The molecule has 1 N–H and O–H groups in total. The van der Waals surface area contributed by atoms with Crippen LogP contribution >= 0.6 is 23.2 Å². The molecule has 1 saturated carbocycles. The molecule has 1 aliphatic carbocycles. The molecular weight excluding hydrogens is 593 g/mol. The summed E-state index contributed by atoms with van der Waals surface area (Å²) < 4.78 is 29.2. The molecular formula is C32H37Cl2N3O4S. The van der Waals surface area contributed by atoms with Gasteiger partial charge in [-0.15, -0.1) is 0 Å². The number of benzene rings is 3. The van der Waals surface area contributed by atoms with Crippen molar-refractivity contribution in [1.29, 1.82) is 0 Å². The monoisotopic (exact) mass is 629 g/mol. The summed E-state index contributed by atoms with van der Waals surface area (Å²) >= 11 is 12.4. The van der Waals surface area contributed by atoms with Gasteiger partial charge in [-0.1, -0.05) is 84.9 Å². The van der Waals surface area contributed by atoms with Gasteiger partial charge in [0.2, 0.25) is 11.8 Å². The van der Waals surface area contributed by atoms with Gasteiger partial charge in [0.1, 0.15) is 12.6 Å². The Hall–Kier alpha value is -3.07. The number of anilines is 1. The molecule has 0 spiro atoms. The average Bonchev–Trinajstić information content (AvgIpc) is 3.47. The van der Waals surface area contributed by atoms with Gasteiger partial charge in [-0.05, 0) is 74.6 Å². The van der Waals surface area contributed by atoms with Gasteiger partial charge in [-0.3, -0.25) is 13.9 Å². The molecule has 3 aromatic rings. The zero-order valence-corrected chi connectivity index (χ0v) is 26.5. The number of carbonyl (C=O) groups is 2. The van der Waals surface area contributed by atoms with Gasteiger partial charge in [0.15, 0.2) is 0 Å². The fraction of sp³-hybridized carbons (Fsp3) is 0.375. The van der Waals surface area contributed by atoms with E-state index in [0.29, 0.717) is 33.3 Å². The zero-order chi connectivity index (χ0) is 30.4. The number of hydrogen-bond donors (Lipinski definition) is 1. The van der Waals surface area contributed by atoms with E-state index in [0.717, 1.165) is 35.6 Å². The van der Waals surface area contributed by atoms with Gasteiger partial charge in [0, 0.05) is 12.6 Å². The first kappa shape index (κ1) is 31.9. The maximum atomic E-state index is 14.3. The van der Waals surface area contributed by atoms with Crippen molar-refractivity contribution < 1.29 is 18.0 Å². The van der Waals surface area contributed by atoms with Crippen LogP contribution in [0.5, 0.6) is 0 Å². The smallest absolute Gasteiger partial charge is 0.264 e. The first-order valence-corrected chi connectivity index (χ1v) is 16.4. The van der Waals surface area contributed by atoms with Gasteiger partial charge in [0.05, 0.1) is 20.6 Å². The number of sulfonamides is 1. The second-order valence-corrected chi connectivity index (χ2v) is 13.5. The molecule has 1 atom stereocenters. The van der Waals surface area contributed by atoms with Crippen LogP contribution in [0, 0.1) is 13.8 Å². The Morgan fingerprint density at radius 2 is 1.64 bits per heavy atom. The van der Waals surface area contributed by atoms with E-state index >= 15 is 0 Å². The van der Waals surface area contributed by atoms with E-state index in [2.05, 4.69) is 5.32 Å². The molecule has 0 radical (unpaired) electrons. The van der Waals surface area contributed by atoms with Crippen molar-refractivity contribution in [2.45, 2.75) is 76.4 Å². The normalized spacial score (nSPS) is 14.4. The summed E-state index contributed by atoms with van der Waals surface area (Å²) in [7, 11) is -4.13. The largest absolute Gasteiger partial charge is 0.352 e. The summed E-state index contributed by atoms with van der Waals surface area (Å²) in [6, 6.07) is 17.8. The molecule has 0 unspecified atom stereocenters. The third-order valence-electron chi connectivity index (χ3n) is 7.66. The van der Waals surface area contributed by atoms with E-state index in [1.807, 2.05) is 32.9 Å². The Labute approximate surface area is 258 Å². The van der Waals surface area contributed by atoms with Crippen molar-refractivity contribution in [1.82, 2.24) is 10.2 Å². The van der Waals surface area contributed by atoms with E-state index in [-0.39, 0.29) is 23.4 Å². The van der Waals surface area contributed by atoms with Gasteiger partial charge < -0.3 is 10.2 Å². The Balaban J connectivity index is 1.74. The molecule has 1 aliphatic rings. The van der Waals surface area contributed by atoms with Gasteiger partial charge in [-0.2, -0.15) is 0 Å². The lowest BCUT2D eigenvalue weighted by Gasteiger charge is -2.34. The molecule has 1 fully saturated rings. The maximum absolute atomic E-state index is 14.3. The van der Waals surface area contributed by atoms with Crippen molar-refractivity contribution in [3.8, 4) is 0 Å². The fourth-order valence-electron chi connectivity index (χ4n) is 5.44. The molecule has 0 saturated heterocycles. The zero-order valence-electron chi connectivity index (χ0n) is 24.1. The number of hydrogen-bond acceptors (Lipinski definition) is 4. The topological polar surface area (TPSA) is 86.8 Å². The van der Waals surface area contributed by atoms with Crippen LogP contribution in [0.4, 0.5) is 5.69 Å². The molecule has 7 nitrogen and oxygen atoms in total. The number of halogens is 2. The van der Waals surface area contributed by atoms with Crippen LogP contribution in [0.15, 0.2) is 71.6 Å². The van der Waals surface area contributed by atoms with Crippen LogP contribution in [0.3, 0.4) is 0 Å². The molecule has 0 aromatic heterocycles. The molecule has 0 aliphatic heterocycles. The van der Waals surface area contributed by atoms with Crippen LogP contribution < -0.4 is 9.62 Å². The number of carbonyl (C=O) groups excluding carboxylic acids is 2. The first-order chi connectivity index (χ1) is 20.0. The molecule has 42 heavy (non-hydrogen) atoms. The highest BCUT2D eigenvalue weighted by molar-refractivity contribution is 7.92.